The van der Waals surface area contributed by atoms with Crippen LogP contribution in [0, 0.1) is 6.92 Å². The zero-order valence-electron chi connectivity index (χ0n) is 16.9. The number of anilines is 1. The van der Waals surface area contributed by atoms with Gasteiger partial charge >= 0.3 is 0 Å². The average molecular weight is 394 g/mol. The van der Waals surface area contributed by atoms with Gasteiger partial charge in [0.15, 0.2) is 5.82 Å². The zero-order valence-corrected chi connectivity index (χ0v) is 16.9. The van der Waals surface area contributed by atoms with Crippen molar-refractivity contribution in [2.75, 3.05) is 25.2 Å². The zero-order chi connectivity index (χ0) is 20.4. The van der Waals surface area contributed by atoms with Gasteiger partial charge in [0.1, 0.15) is 12.4 Å². The Balaban J connectivity index is 1.69. The fourth-order valence-corrected chi connectivity index (χ4v) is 4.22. The van der Waals surface area contributed by atoms with Crippen molar-refractivity contribution in [3.63, 3.8) is 0 Å². The molecule has 29 heavy (non-hydrogen) atoms. The Morgan fingerprint density at radius 2 is 2.00 bits per heavy atom. The Morgan fingerprint density at radius 3 is 2.76 bits per heavy atom. The molecule has 1 saturated heterocycles. The van der Waals surface area contributed by atoms with Crippen LogP contribution in [0.15, 0.2) is 30.3 Å². The summed E-state index contributed by atoms with van der Waals surface area (Å²) < 4.78 is 5.03. The van der Waals surface area contributed by atoms with Gasteiger partial charge in [0, 0.05) is 31.3 Å². The van der Waals surface area contributed by atoms with E-state index >= 15 is 0 Å². The largest absolute Gasteiger partial charge is 0.375 e. The van der Waals surface area contributed by atoms with Crippen LogP contribution in [0.25, 0.3) is 0 Å². The number of methoxy groups -OCH3 is 1. The topological polar surface area (TPSA) is 75.6 Å². The highest BCUT2D eigenvalue weighted by molar-refractivity contribution is 5.95. The van der Waals surface area contributed by atoms with Crippen LogP contribution >= 0.6 is 0 Å². The van der Waals surface area contributed by atoms with Crippen molar-refractivity contribution in [3.8, 4) is 0 Å². The standard InChI is InChI=1S/C22H26N4O3/c1-15-17-10-11-19(27)26(13-16-7-4-3-5-8-16)22(17)24-21(23-15)18-9-6-12-25(18)20(28)14-29-2/h3-5,7-8,18H,6,9-14H2,1-2H3/t18-/m1/s1. The molecule has 7 nitrogen and oxygen atoms in total. The second-order valence-corrected chi connectivity index (χ2v) is 7.61. The van der Waals surface area contributed by atoms with Crippen LogP contribution in [-0.4, -0.2) is 46.9 Å². The fourth-order valence-electron chi connectivity index (χ4n) is 4.22. The molecule has 0 N–H and O–H groups in total. The maximum absolute atomic E-state index is 12.7. The maximum atomic E-state index is 12.7. The smallest absolute Gasteiger partial charge is 0.249 e. The van der Waals surface area contributed by atoms with E-state index in [0.29, 0.717) is 37.6 Å². The van der Waals surface area contributed by atoms with Crippen molar-refractivity contribution in [2.24, 2.45) is 0 Å². The molecule has 0 bridgehead atoms. The maximum Gasteiger partial charge on any atom is 0.249 e. The van der Waals surface area contributed by atoms with Crippen LogP contribution in [-0.2, 0) is 27.3 Å². The molecule has 2 aliphatic rings. The van der Waals surface area contributed by atoms with Crippen molar-refractivity contribution in [1.82, 2.24) is 14.9 Å². The van der Waals surface area contributed by atoms with E-state index in [0.717, 1.165) is 29.7 Å². The first-order valence-corrected chi connectivity index (χ1v) is 10.1. The molecular weight excluding hydrogens is 368 g/mol. The van der Waals surface area contributed by atoms with Crippen molar-refractivity contribution in [3.05, 3.63) is 53.0 Å². The molecule has 7 heteroatoms. The van der Waals surface area contributed by atoms with Gasteiger partial charge in [0.05, 0.1) is 12.6 Å². The van der Waals surface area contributed by atoms with Crippen LogP contribution in [0.5, 0.6) is 0 Å². The number of amides is 2. The summed E-state index contributed by atoms with van der Waals surface area (Å²) in [5.41, 5.74) is 2.97. The molecule has 1 fully saturated rings. The first-order chi connectivity index (χ1) is 14.1. The third kappa shape index (κ3) is 3.87. The second-order valence-electron chi connectivity index (χ2n) is 7.61. The predicted molar refractivity (Wildman–Crippen MR) is 108 cm³/mol. The Kier molecular flexibility index (Phi) is 5.58. The second kappa shape index (κ2) is 8.29. The number of ether oxygens (including phenoxy) is 1. The highest BCUT2D eigenvalue weighted by Crippen LogP contribution is 2.35. The number of benzene rings is 1. The summed E-state index contributed by atoms with van der Waals surface area (Å²) >= 11 is 0. The van der Waals surface area contributed by atoms with Gasteiger partial charge in [0.2, 0.25) is 11.8 Å². The van der Waals surface area contributed by atoms with E-state index < -0.39 is 0 Å². The van der Waals surface area contributed by atoms with Gasteiger partial charge in [-0.2, -0.15) is 0 Å². The number of aromatic nitrogens is 2. The molecule has 2 aliphatic heterocycles. The van der Waals surface area contributed by atoms with Crippen LogP contribution in [0.1, 0.15) is 47.9 Å². The lowest BCUT2D eigenvalue weighted by atomic mass is 10.0. The Labute approximate surface area is 170 Å². The first-order valence-electron chi connectivity index (χ1n) is 10.1. The van der Waals surface area contributed by atoms with Gasteiger partial charge in [-0.15, -0.1) is 0 Å². The fraction of sp³-hybridized carbons (Fsp3) is 0.455. The van der Waals surface area contributed by atoms with E-state index in [-0.39, 0.29) is 24.5 Å². The number of fused-ring (bicyclic) bond motifs is 1. The summed E-state index contributed by atoms with van der Waals surface area (Å²) in [5.74, 6) is 1.34. The molecule has 0 radical (unpaired) electrons. The van der Waals surface area contributed by atoms with E-state index in [9.17, 15) is 9.59 Å². The summed E-state index contributed by atoms with van der Waals surface area (Å²) in [5, 5.41) is 0. The number of nitrogens with zero attached hydrogens (tertiary/aromatic N) is 4. The van der Waals surface area contributed by atoms with E-state index in [1.54, 1.807) is 9.80 Å². The number of carbonyl (C=O) groups is 2. The van der Waals surface area contributed by atoms with Gasteiger partial charge in [-0.25, -0.2) is 9.97 Å². The minimum absolute atomic E-state index is 0.0498. The normalized spacial score (nSPS) is 18.8. The van der Waals surface area contributed by atoms with E-state index in [2.05, 4.69) is 0 Å². The van der Waals surface area contributed by atoms with Crippen molar-refractivity contribution < 1.29 is 14.3 Å². The number of rotatable bonds is 5. The van der Waals surface area contributed by atoms with Crippen LogP contribution in [0.2, 0.25) is 0 Å². The van der Waals surface area contributed by atoms with Crippen molar-refractivity contribution >= 4 is 17.6 Å². The van der Waals surface area contributed by atoms with Gasteiger partial charge < -0.3 is 9.64 Å². The van der Waals surface area contributed by atoms with Crippen LogP contribution in [0.3, 0.4) is 0 Å². The SMILES string of the molecule is COCC(=O)N1CCC[C@@H]1c1nc(C)c2c(n1)N(Cc1ccccc1)C(=O)CC2. The molecular formula is C22H26N4O3. The molecule has 1 atom stereocenters. The molecule has 4 rings (SSSR count). The number of aryl methyl sites for hydroxylation is 1. The molecule has 1 aromatic carbocycles. The van der Waals surface area contributed by atoms with E-state index in [1.807, 2.05) is 37.3 Å². The summed E-state index contributed by atoms with van der Waals surface area (Å²) in [6.45, 7) is 3.19. The lowest BCUT2D eigenvalue weighted by molar-refractivity contribution is -0.136. The van der Waals surface area contributed by atoms with Crippen molar-refractivity contribution in [2.45, 2.75) is 45.2 Å². The third-order valence-corrected chi connectivity index (χ3v) is 5.68. The molecule has 0 unspecified atom stereocenters. The Morgan fingerprint density at radius 1 is 1.21 bits per heavy atom. The summed E-state index contributed by atoms with van der Waals surface area (Å²) in [7, 11) is 1.52. The Bertz CT molecular complexity index is 916. The van der Waals surface area contributed by atoms with Crippen LogP contribution in [0.4, 0.5) is 5.82 Å². The first kappa shape index (κ1) is 19.5. The molecule has 3 heterocycles. The van der Waals surface area contributed by atoms with Gasteiger partial charge in [-0.1, -0.05) is 30.3 Å². The predicted octanol–water partition coefficient (Wildman–Crippen LogP) is 2.57. The molecule has 0 saturated carbocycles. The molecule has 2 aromatic rings. The quantitative estimate of drug-likeness (QED) is 0.779. The minimum Gasteiger partial charge on any atom is -0.375 e. The summed E-state index contributed by atoms with van der Waals surface area (Å²) in [6, 6.07) is 9.76. The summed E-state index contributed by atoms with van der Waals surface area (Å²) in [4.78, 5) is 38.3. The van der Waals surface area contributed by atoms with E-state index in [4.69, 9.17) is 14.7 Å². The molecule has 0 aliphatic carbocycles. The number of likely N-dealkylation sites (tertiary alicyclic amines) is 1. The average Bonchev–Trinajstić information content (AvgIpc) is 3.21. The number of hydrogen-bond donors (Lipinski definition) is 0. The molecule has 0 spiro atoms. The van der Waals surface area contributed by atoms with Crippen molar-refractivity contribution in [1.29, 1.82) is 0 Å². The Hall–Kier alpha value is -2.80. The number of hydrogen-bond acceptors (Lipinski definition) is 5. The lowest BCUT2D eigenvalue weighted by Gasteiger charge is -2.31. The summed E-state index contributed by atoms with van der Waals surface area (Å²) in [6.07, 6.45) is 2.85. The van der Waals surface area contributed by atoms with Gasteiger partial charge in [0.25, 0.3) is 0 Å². The highest BCUT2D eigenvalue weighted by Gasteiger charge is 2.35. The molecule has 2 amide bonds. The van der Waals surface area contributed by atoms with Gasteiger partial charge in [-0.3, -0.25) is 14.5 Å². The lowest BCUT2D eigenvalue weighted by Crippen LogP contribution is -2.38. The molecule has 1 aromatic heterocycles. The van der Waals surface area contributed by atoms with E-state index in [1.165, 1.54) is 7.11 Å². The number of carbonyl (C=O) groups excluding carboxylic acids is 2. The van der Waals surface area contributed by atoms with Crippen LogP contribution < -0.4 is 4.90 Å². The minimum atomic E-state index is -0.169. The molecule has 152 valence electrons. The van der Waals surface area contributed by atoms with Gasteiger partial charge in [-0.05, 0) is 31.7 Å². The highest BCUT2D eigenvalue weighted by atomic mass is 16.5. The monoisotopic (exact) mass is 394 g/mol. The third-order valence-electron chi connectivity index (χ3n) is 5.68.